The standard InChI is InChI=1S/C30H28N2O3/c1-20-27(30(34)35-16-14-21-9-4-2-5-10-21)28(23-13-8-15-31-19-23)29-25(32-20)17-24(18-26(29)33)22-11-6-3-7-12-22/h2-13,15,19,24,28,32H,14,16-18H2,1H3/p+1. The number of rotatable bonds is 6. The number of nitrogens with one attached hydrogen (secondary N) is 2. The average Bonchev–Trinajstić information content (AvgIpc) is 2.89. The van der Waals surface area contributed by atoms with E-state index in [1.54, 1.807) is 0 Å². The fourth-order valence-electron chi connectivity index (χ4n) is 5.17. The van der Waals surface area contributed by atoms with Crippen LogP contribution in [0.2, 0.25) is 0 Å². The molecule has 176 valence electrons. The smallest absolute Gasteiger partial charge is 0.336 e. The molecule has 0 radical (unpaired) electrons. The second-order valence-corrected chi connectivity index (χ2v) is 9.14. The number of H-pyrrole nitrogens is 1. The van der Waals surface area contributed by atoms with E-state index in [1.165, 1.54) is 0 Å². The molecule has 5 rings (SSSR count). The van der Waals surface area contributed by atoms with Gasteiger partial charge in [-0.25, -0.2) is 9.78 Å². The number of carbonyl (C=O) groups is 2. The summed E-state index contributed by atoms with van der Waals surface area (Å²) in [7, 11) is 0. The third kappa shape index (κ3) is 4.80. The SMILES string of the molecule is CC1=C(C(=O)OCCc2ccccc2)C(c2ccc[nH+]c2)C2=C(CC(c3ccccc3)CC2=O)N1. The summed E-state index contributed by atoms with van der Waals surface area (Å²) in [6.07, 6.45) is 5.48. The van der Waals surface area contributed by atoms with E-state index in [9.17, 15) is 9.59 Å². The fourth-order valence-corrected chi connectivity index (χ4v) is 5.17. The van der Waals surface area contributed by atoms with Crippen molar-refractivity contribution < 1.29 is 19.3 Å². The Labute approximate surface area is 205 Å². The maximum atomic E-state index is 13.6. The number of carbonyl (C=O) groups excluding carboxylic acids is 2. The van der Waals surface area contributed by atoms with Gasteiger partial charge in [-0.15, -0.1) is 0 Å². The van der Waals surface area contributed by atoms with Gasteiger partial charge in [0.15, 0.2) is 18.2 Å². The van der Waals surface area contributed by atoms with Crippen LogP contribution in [0.25, 0.3) is 0 Å². The van der Waals surface area contributed by atoms with Gasteiger partial charge in [-0.05, 0) is 36.5 Å². The Morgan fingerprint density at radius 1 is 0.971 bits per heavy atom. The zero-order valence-electron chi connectivity index (χ0n) is 19.8. The number of hydrogen-bond acceptors (Lipinski definition) is 4. The highest BCUT2D eigenvalue weighted by molar-refractivity contribution is 6.04. The number of aromatic amines is 1. The number of aromatic nitrogens is 1. The lowest BCUT2D eigenvalue weighted by Crippen LogP contribution is -2.36. The predicted molar refractivity (Wildman–Crippen MR) is 133 cm³/mol. The summed E-state index contributed by atoms with van der Waals surface area (Å²) in [6, 6.07) is 24.0. The lowest BCUT2D eigenvalue weighted by molar-refractivity contribution is -0.378. The Hall–Kier alpha value is -3.99. The molecule has 2 N–H and O–H groups in total. The lowest BCUT2D eigenvalue weighted by Gasteiger charge is -2.36. The molecule has 1 aromatic heterocycles. The largest absolute Gasteiger partial charge is 0.462 e. The van der Waals surface area contributed by atoms with Crippen molar-refractivity contribution in [3.8, 4) is 0 Å². The molecule has 0 saturated heterocycles. The van der Waals surface area contributed by atoms with E-state index in [4.69, 9.17) is 4.74 Å². The second kappa shape index (κ2) is 10.1. The van der Waals surface area contributed by atoms with E-state index in [2.05, 4.69) is 22.4 Å². The Morgan fingerprint density at radius 2 is 1.69 bits per heavy atom. The molecule has 2 unspecified atom stereocenters. The number of ketones is 1. The van der Waals surface area contributed by atoms with Crippen molar-refractivity contribution in [1.29, 1.82) is 0 Å². The van der Waals surface area contributed by atoms with Gasteiger partial charge in [0.2, 0.25) is 0 Å². The number of esters is 1. The first kappa shape index (κ1) is 22.8. The topological polar surface area (TPSA) is 69.5 Å². The maximum absolute atomic E-state index is 13.6. The predicted octanol–water partition coefficient (Wildman–Crippen LogP) is 4.65. The van der Waals surface area contributed by atoms with Crippen molar-refractivity contribution in [3.05, 3.63) is 124 Å². The zero-order valence-corrected chi connectivity index (χ0v) is 19.8. The molecule has 0 amide bonds. The Kier molecular flexibility index (Phi) is 6.57. The molecular weight excluding hydrogens is 436 g/mol. The van der Waals surface area contributed by atoms with Crippen LogP contribution in [0.15, 0.2) is 108 Å². The van der Waals surface area contributed by atoms with Crippen LogP contribution in [0.1, 0.15) is 48.3 Å². The number of Topliss-reactive ketones (excluding diaryl/α,β-unsaturated/α-hetero) is 1. The molecule has 2 heterocycles. The van der Waals surface area contributed by atoms with Crippen molar-refractivity contribution in [2.24, 2.45) is 0 Å². The van der Waals surface area contributed by atoms with Gasteiger partial charge in [-0.3, -0.25) is 4.79 Å². The summed E-state index contributed by atoms with van der Waals surface area (Å²) in [5, 5.41) is 3.41. The van der Waals surface area contributed by atoms with E-state index in [0.29, 0.717) is 24.0 Å². The summed E-state index contributed by atoms with van der Waals surface area (Å²) in [5.74, 6) is -0.657. The van der Waals surface area contributed by atoms with Crippen molar-refractivity contribution in [2.75, 3.05) is 6.61 Å². The first-order valence-electron chi connectivity index (χ1n) is 12.1. The minimum absolute atomic E-state index is 0.0727. The number of ether oxygens (including phenoxy) is 1. The number of dihydropyridines is 1. The van der Waals surface area contributed by atoms with Crippen molar-refractivity contribution in [1.82, 2.24) is 5.32 Å². The van der Waals surface area contributed by atoms with Crippen LogP contribution in [0.3, 0.4) is 0 Å². The van der Waals surface area contributed by atoms with Crippen LogP contribution in [0, 0.1) is 0 Å². The first-order valence-corrected chi connectivity index (χ1v) is 12.1. The summed E-state index contributed by atoms with van der Waals surface area (Å²) in [5.41, 5.74) is 5.97. The second-order valence-electron chi connectivity index (χ2n) is 9.14. The first-order chi connectivity index (χ1) is 17.1. The van der Waals surface area contributed by atoms with E-state index < -0.39 is 5.92 Å². The van der Waals surface area contributed by atoms with Crippen LogP contribution < -0.4 is 10.3 Å². The summed E-state index contributed by atoms with van der Waals surface area (Å²) in [4.78, 5) is 30.1. The van der Waals surface area contributed by atoms with Crippen LogP contribution in [-0.4, -0.2) is 18.4 Å². The van der Waals surface area contributed by atoms with Gasteiger partial charge < -0.3 is 10.1 Å². The average molecular weight is 466 g/mol. The molecule has 2 atom stereocenters. The minimum atomic E-state index is -0.461. The molecule has 1 aliphatic carbocycles. The monoisotopic (exact) mass is 465 g/mol. The van der Waals surface area contributed by atoms with Crippen molar-refractivity contribution in [3.63, 3.8) is 0 Å². The van der Waals surface area contributed by atoms with Gasteiger partial charge in [0.25, 0.3) is 0 Å². The molecule has 3 aromatic rings. The number of benzene rings is 2. The number of pyridine rings is 1. The molecule has 5 nitrogen and oxygen atoms in total. The van der Waals surface area contributed by atoms with Gasteiger partial charge in [-0.1, -0.05) is 60.7 Å². The van der Waals surface area contributed by atoms with E-state index in [-0.39, 0.29) is 24.3 Å². The van der Waals surface area contributed by atoms with Crippen LogP contribution in [-0.2, 0) is 20.7 Å². The summed E-state index contributed by atoms with van der Waals surface area (Å²) in [6.45, 7) is 2.18. The van der Waals surface area contributed by atoms with E-state index in [0.717, 1.165) is 34.5 Å². The molecule has 0 bridgehead atoms. The molecule has 2 aromatic carbocycles. The van der Waals surface area contributed by atoms with E-state index in [1.807, 2.05) is 80.0 Å². The Balaban J connectivity index is 1.44. The highest BCUT2D eigenvalue weighted by atomic mass is 16.5. The molecule has 0 saturated carbocycles. The molecule has 2 aliphatic rings. The lowest BCUT2D eigenvalue weighted by atomic mass is 9.72. The Morgan fingerprint density at radius 3 is 2.40 bits per heavy atom. The highest BCUT2D eigenvalue weighted by Crippen LogP contribution is 2.45. The molecule has 1 aliphatic heterocycles. The van der Waals surface area contributed by atoms with Crippen LogP contribution in [0.5, 0.6) is 0 Å². The number of allylic oxidation sites excluding steroid dienone is 3. The quantitative estimate of drug-likeness (QED) is 0.538. The zero-order chi connectivity index (χ0) is 24.2. The third-order valence-corrected chi connectivity index (χ3v) is 6.85. The van der Waals surface area contributed by atoms with Crippen molar-refractivity contribution >= 4 is 11.8 Å². The van der Waals surface area contributed by atoms with E-state index >= 15 is 0 Å². The molecule has 5 heteroatoms. The Bertz CT molecular complexity index is 1280. The van der Waals surface area contributed by atoms with Gasteiger partial charge >= 0.3 is 5.97 Å². The van der Waals surface area contributed by atoms with Crippen LogP contribution >= 0.6 is 0 Å². The summed E-state index contributed by atoms with van der Waals surface area (Å²) >= 11 is 0. The fraction of sp³-hybridized carbons (Fsp3) is 0.233. The summed E-state index contributed by atoms with van der Waals surface area (Å²) < 4.78 is 5.73. The number of hydrogen-bond donors (Lipinski definition) is 1. The van der Waals surface area contributed by atoms with Gasteiger partial charge in [0, 0.05) is 41.4 Å². The van der Waals surface area contributed by atoms with Crippen molar-refractivity contribution in [2.45, 2.75) is 38.0 Å². The molecular formula is C30H29N2O3+. The highest BCUT2D eigenvalue weighted by Gasteiger charge is 2.42. The molecule has 35 heavy (non-hydrogen) atoms. The molecule has 0 fully saturated rings. The maximum Gasteiger partial charge on any atom is 0.336 e. The van der Waals surface area contributed by atoms with Crippen LogP contribution in [0.4, 0.5) is 0 Å². The third-order valence-electron chi connectivity index (χ3n) is 6.85. The normalized spacial score (nSPS) is 19.7. The van der Waals surface area contributed by atoms with Gasteiger partial charge in [0.1, 0.15) is 0 Å². The van der Waals surface area contributed by atoms with Gasteiger partial charge in [0.05, 0.1) is 18.1 Å². The molecule has 0 spiro atoms. The van der Waals surface area contributed by atoms with Gasteiger partial charge in [-0.2, -0.15) is 0 Å². The minimum Gasteiger partial charge on any atom is -0.462 e.